The number of anilines is 1. The van der Waals surface area contributed by atoms with E-state index in [1.54, 1.807) is 60.7 Å². The van der Waals surface area contributed by atoms with Gasteiger partial charge in [-0.2, -0.15) is 0 Å². The van der Waals surface area contributed by atoms with Crippen LogP contribution < -0.4 is 14.8 Å². The fourth-order valence-electron chi connectivity index (χ4n) is 2.27. The lowest BCUT2D eigenvalue weighted by Gasteiger charge is -2.09. The quantitative estimate of drug-likeness (QED) is 0.398. The van der Waals surface area contributed by atoms with Crippen LogP contribution in [0.2, 0.25) is 5.02 Å². The van der Waals surface area contributed by atoms with Crippen molar-refractivity contribution in [2.45, 2.75) is 0 Å². The molecule has 0 bridgehead atoms. The predicted octanol–water partition coefficient (Wildman–Crippen LogP) is 5.34. The zero-order chi connectivity index (χ0) is 19.9. The average molecular weight is 461 g/mol. The maximum atomic E-state index is 12.2. The van der Waals surface area contributed by atoms with Crippen LogP contribution in [0.15, 0.2) is 77.3 Å². The molecule has 3 rings (SSSR count). The molecule has 0 aromatic heterocycles. The number of nitrogens with one attached hydrogen (secondary N) is 1. The van der Waals surface area contributed by atoms with Crippen LogP contribution in [0.25, 0.3) is 0 Å². The fourth-order valence-corrected chi connectivity index (χ4v) is 2.80. The number of hydrogen-bond donors (Lipinski definition) is 1. The molecule has 3 aromatic rings. The maximum absolute atomic E-state index is 12.2. The molecule has 0 heterocycles. The summed E-state index contributed by atoms with van der Waals surface area (Å²) in [6.45, 7) is -0.235. The topological polar surface area (TPSA) is 64.6 Å². The first-order chi connectivity index (χ1) is 13.5. The molecule has 0 saturated heterocycles. The highest BCUT2D eigenvalue weighted by molar-refractivity contribution is 9.10. The van der Waals surface area contributed by atoms with Gasteiger partial charge in [0.05, 0.1) is 4.47 Å². The van der Waals surface area contributed by atoms with Gasteiger partial charge in [0.15, 0.2) is 6.61 Å². The van der Waals surface area contributed by atoms with Crippen molar-refractivity contribution < 1.29 is 19.1 Å². The first-order valence-electron chi connectivity index (χ1n) is 8.26. The Kier molecular flexibility index (Phi) is 6.68. The zero-order valence-corrected chi connectivity index (χ0v) is 16.9. The Bertz CT molecular complexity index is 974. The summed E-state index contributed by atoms with van der Waals surface area (Å²) in [5.74, 6) is 0.0454. The van der Waals surface area contributed by atoms with Gasteiger partial charge in [0.25, 0.3) is 5.91 Å². The Morgan fingerprint density at radius 2 is 1.61 bits per heavy atom. The molecular weight excluding hydrogens is 446 g/mol. The number of halogens is 2. The third-order valence-corrected chi connectivity index (χ3v) is 4.54. The van der Waals surface area contributed by atoms with Crippen molar-refractivity contribution >= 4 is 45.1 Å². The zero-order valence-electron chi connectivity index (χ0n) is 14.5. The predicted molar refractivity (Wildman–Crippen MR) is 111 cm³/mol. The molecule has 0 saturated carbocycles. The van der Waals surface area contributed by atoms with Crippen molar-refractivity contribution in [1.82, 2.24) is 0 Å². The molecule has 142 valence electrons. The van der Waals surface area contributed by atoms with Gasteiger partial charge >= 0.3 is 5.97 Å². The van der Waals surface area contributed by atoms with Gasteiger partial charge in [0, 0.05) is 16.3 Å². The lowest BCUT2D eigenvalue weighted by Crippen LogP contribution is -2.18. The smallest absolute Gasteiger partial charge is 0.349 e. The number of carbonyl (C=O) groups excluding carboxylic acids is 2. The number of rotatable bonds is 6. The summed E-state index contributed by atoms with van der Waals surface area (Å²) in [5, 5.41) is 3.35. The average Bonchev–Trinajstić information content (AvgIpc) is 2.69. The van der Waals surface area contributed by atoms with Crippen molar-refractivity contribution in [2.75, 3.05) is 11.9 Å². The molecule has 7 heteroatoms. The highest BCUT2D eigenvalue weighted by atomic mass is 79.9. The van der Waals surface area contributed by atoms with Crippen LogP contribution in [0.3, 0.4) is 0 Å². The van der Waals surface area contributed by atoms with Crippen molar-refractivity contribution in [3.8, 4) is 11.5 Å². The summed E-state index contributed by atoms with van der Waals surface area (Å²) >= 11 is 9.16. The second kappa shape index (κ2) is 9.39. The van der Waals surface area contributed by atoms with Crippen molar-refractivity contribution in [2.24, 2.45) is 0 Å². The second-order valence-corrected chi connectivity index (χ2v) is 6.97. The van der Waals surface area contributed by atoms with Crippen molar-refractivity contribution in [3.63, 3.8) is 0 Å². The van der Waals surface area contributed by atoms with Crippen LogP contribution in [0, 0.1) is 0 Å². The SMILES string of the molecule is O=C(COc1ccccc1Br)Oc1ccc(C(=O)Nc2ccc(Cl)cc2)cc1. The summed E-state index contributed by atoms with van der Waals surface area (Å²) in [7, 11) is 0. The largest absolute Gasteiger partial charge is 0.481 e. The third-order valence-electron chi connectivity index (χ3n) is 3.63. The van der Waals surface area contributed by atoms with Gasteiger partial charge in [0.1, 0.15) is 11.5 Å². The van der Waals surface area contributed by atoms with E-state index in [1.807, 2.05) is 12.1 Å². The lowest BCUT2D eigenvalue weighted by atomic mass is 10.2. The number of amides is 1. The minimum absolute atomic E-state index is 0.235. The van der Waals surface area contributed by atoms with E-state index in [1.165, 1.54) is 0 Å². The highest BCUT2D eigenvalue weighted by Gasteiger charge is 2.10. The number of esters is 1. The van der Waals surface area contributed by atoms with Gasteiger partial charge in [-0.1, -0.05) is 23.7 Å². The summed E-state index contributed by atoms with van der Waals surface area (Å²) in [5.41, 5.74) is 1.06. The molecule has 0 aliphatic carbocycles. The van der Waals surface area contributed by atoms with E-state index in [2.05, 4.69) is 21.2 Å². The minimum Gasteiger partial charge on any atom is -0.481 e. The van der Waals surface area contributed by atoms with Crippen LogP contribution in [-0.2, 0) is 4.79 Å². The van der Waals surface area contributed by atoms with Gasteiger partial charge in [-0.3, -0.25) is 4.79 Å². The third kappa shape index (κ3) is 5.58. The van der Waals surface area contributed by atoms with Gasteiger partial charge in [-0.05, 0) is 76.6 Å². The van der Waals surface area contributed by atoms with E-state index in [0.717, 1.165) is 4.47 Å². The lowest BCUT2D eigenvalue weighted by molar-refractivity contribution is -0.136. The molecule has 1 amide bonds. The molecule has 3 aromatic carbocycles. The molecule has 28 heavy (non-hydrogen) atoms. The van der Waals surface area contributed by atoms with E-state index in [-0.39, 0.29) is 12.5 Å². The molecule has 0 fully saturated rings. The molecular formula is C21H15BrClNO4. The number of hydrogen-bond acceptors (Lipinski definition) is 4. The maximum Gasteiger partial charge on any atom is 0.349 e. The van der Waals surface area contributed by atoms with Gasteiger partial charge in [-0.25, -0.2) is 4.79 Å². The molecule has 0 spiro atoms. The first kappa shape index (κ1) is 19.9. The van der Waals surface area contributed by atoms with Crippen LogP contribution in [-0.4, -0.2) is 18.5 Å². The van der Waals surface area contributed by atoms with E-state index in [9.17, 15) is 9.59 Å². The summed E-state index contributed by atoms with van der Waals surface area (Å²) in [4.78, 5) is 24.2. The first-order valence-corrected chi connectivity index (χ1v) is 9.43. The van der Waals surface area contributed by atoms with Crippen LogP contribution in [0.4, 0.5) is 5.69 Å². The van der Waals surface area contributed by atoms with Crippen LogP contribution in [0.1, 0.15) is 10.4 Å². The second-order valence-electron chi connectivity index (χ2n) is 5.68. The molecule has 0 radical (unpaired) electrons. The van der Waals surface area contributed by atoms with Crippen molar-refractivity contribution in [1.29, 1.82) is 0 Å². The summed E-state index contributed by atoms with van der Waals surface area (Å²) in [6.07, 6.45) is 0. The Hall–Kier alpha value is -2.83. The van der Waals surface area contributed by atoms with E-state index >= 15 is 0 Å². The van der Waals surface area contributed by atoms with Gasteiger partial charge in [-0.15, -0.1) is 0 Å². The molecule has 0 unspecified atom stereocenters. The summed E-state index contributed by atoms with van der Waals surface area (Å²) < 4.78 is 11.4. The Balaban J connectivity index is 1.53. The fraction of sp³-hybridized carbons (Fsp3) is 0.0476. The highest BCUT2D eigenvalue weighted by Crippen LogP contribution is 2.23. The molecule has 1 N–H and O–H groups in total. The molecule has 5 nitrogen and oxygen atoms in total. The number of ether oxygens (including phenoxy) is 2. The number of carbonyl (C=O) groups is 2. The number of para-hydroxylation sites is 1. The van der Waals surface area contributed by atoms with Gasteiger partial charge in [0.2, 0.25) is 0 Å². The summed E-state index contributed by atoms with van der Waals surface area (Å²) in [6, 6.07) is 20.2. The Labute approximate surface area is 175 Å². The monoisotopic (exact) mass is 459 g/mol. The molecule has 0 aliphatic rings. The minimum atomic E-state index is -0.547. The number of benzene rings is 3. The van der Waals surface area contributed by atoms with Crippen molar-refractivity contribution in [3.05, 3.63) is 87.9 Å². The van der Waals surface area contributed by atoms with E-state index in [4.69, 9.17) is 21.1 Å². The molecule has 0 aliphatic heterocycles. The van der Waals surface area contributed by atoms with Crippen LogP contribution >= 0.6 is 27.5 Å². The Morgan fingerprint density at radius 1 is 0.929 bits per heavy atom. The van der Waals surface area contributed by atoms with E-state index in [0.29, 0.717) is 27.8 Å². The standard InChI is InChI=1S/C21H15BrClNO4/c22-18-3-1-2-4-19(18)27-13-20(25)28-17-11-5-14(6-12-17)21(26)24-16-9-7-15(23)8-10-16/h1-12H,13H2,(H,24,26). The Morgan fingerprint density at radius 3 is 2.29 bits per heavy atom. The molecule has 0 atom stereocenters. The van der Waals surface area contributed by atoms with Crippen LogP contribution in [0.5, 0.6) is 11.5 Å². The normalized spacial score (nSPS) is 10.2. The van der Waals surface area contributed by atoms with Gasteiger partial charge < -0.3 is 14.8 Å². The van der Waals surface area contributed by atoms with E-state index < -0.39 is 5.97 Å².